The summed E-state index contributed by atoms with van der Waals surface area (Å²) < 4.78 is 10.7. The molecule has 2 aromatic rings. The van der Waals surface area contributed by atoms with Crippen molar-refractivity contribution in [3.8, 4) is 11.5 Å². The lowest BCUT2D eigenvalue weighted by atomic mass is 10.2. The van der Waals surface area contributed by atoms with Crippen LogP contribution in [0, 0.1) is 5.92 Å². The number of anilines is 1. The summed E-state index contributed by atoms with van der Waals surface area (Å²) in [6.07, 6.45) is 2.18. The molecule has 1 fully saturated rings. The van der Waals surface area contributed by atoms with Crippen molar-refractivity contribution in [3.05, 3.63) is 29.0 Å². The maximum atomic E-state index is 5.95. The molecule has 3 rings (SSSR count). The van der Waals surface area contributed by atoms with Gasteiger partial charge in [-0.05, 0) is 37.0 Å². The number of hydrogen-bond acceptors (Lipinski definition) is 5. The van der Waals surface area contributed by atoms with Crippen molar-refractivity contribution >= 4 is 17.3 Å². The molecule has 1 saturated carbocycles. The molecule has 0 radical (unpaired) electrons. The first-order valence-electron chi connectivity index (χ1n) is 6.11. The van der Waals surface area contributed by atoms with E-state index in [-0.39, 0.29) is 6.10 Å². The summed E-state index contributed by atoms with van der Waals surface area (Å²) in [6.45, 7) is 0. The van der Waals surface area contributed by atoms with Gasteiger partial charge in [-0.1, -0.05) is 16.8 Å². The molecule has 19 heavy (non-hydrogen) atoms. The van der Waals surface area contributed by atoms with E-state index in [0.717, 1.165) is 12.8 Å². The van der Waals surface area contributed by atoms with Gasteiger partial charge in [0, 0.05) is 17.8 Å². The molecule has 0 spiro atoms. The maximum Gasteiger partial charge on any atom is 0.260 e. The lowest BCUT2D eigenvalue weighted by Crippen LogP contribution is -2.05. The first kappa shape index (κ1) is 12.4. The largest absolute Gasteiger partial charge is 0.398 e. The molecular formula is C13H14ClN3O2. The average Bonchev–Trinajstić information content (AvgIpc) is 3.11. The van der Waals surface area contributed by atoms with Crippen molar-refractivity contribution in [2.24, 2.45) is 5.92 Å². The van der Waals surface area contributed by atoms with E-state index in [1.165, 1.54) is 0 Å². The SMILES string of the molecule is COC(c1noc(-c2cc(Cl)ccc2N)n1)C1CC1. The predicted octanol–water partition coefficient (Wildman–Crippen LogP) is 3.07. The molecule has 1 aromatic carbocycles. The first-order chi connectivity index (χ1) is 9.19. The van der Waals surface area contributed by atoms with E-state index in [9.17, 15) is 0 Å². The smallest absolute Gasteiger partial charge is 0.260 e. The first-order valence-corrected chi connectivity index (χ1v) is 6.48. The topological polar surface area (TPSA) is 74.2 Å². The van der Waals surface area contributed by atoms with Crippen LogP contribution < -0.4 is 5.73 Å². The summed E-state index contributed by atoms with van der Waals surface area (Å²) in [5.74, 6) is 1.43. The van der Waals surface area contributed by atoms with Crippen molar-refractivity contribution in [1.82, 2.24) is 10.1 Å². The van der Waals surface area contributed by atoms with Crippen LogP contribution in [0.5, 0.6) is 0 Å². The van der Waals surface area contributed by atoms with E-state index in [1.54, 1.807) is 25.3 Å². The summed E-state index contributed by atoms with van der Waals surface area (Å²) in [4.78, 5) is 4.37. The Balaban J connectivity index is 1.94. The van der Waals surface area contributed by atoms with Gasteiger partial charge in [-0.3, -0.25) is 0 Å². The zero-order valence-electron chi connectivity index (χ0n) is 10.5. The van der Waals surface area contributed by atoms with Gasteiger partial charge in [0.1, 0.15) is 6.10 Å². The highest BCUT2D eigenvalue weighted by atomic mass is 35.5. The molecule has 0 bridgehead atoms. The fraction of sp³-hybridized carbons (Fsp3) is 0.385. The second kappa shape index (κ2) is 4.83. The van der Waals surface area contributed by atoms with E-state index in [4.69, 9.17) is 26.6 Å². The summed E-state index contributed by atoms with van der Waals surface area (Å²) in [5.41, 5.74) is 7.10. The zero-order chi connectivity index (χ0) is 13.4. The van der Waals surface area contributed by atoms with Crippen molar-refractivity contribution in [3.63, 3.8) is 0 Å². The molecule has 100 valence electrons. The third kappa shape index (κ3) is 2.43. The Labute approximate surface area is 115 Å². The van der Waals surface area contributed by atoms with Crippen molar-refractivity contribution in [1.29, 1.82) is 0 Å². The Hall–Kier alpha value is -1.59. The van der Waals surface area contributed by atoms with Crippen molar-refractivity contribution < 1.29 is 9.26 Å². The van der Waals surface area contributed by atoms with Gasteiger partial charge >= 0.3 is 0 Å². The molecular weight excluding hydrogens is 266 g/mol. The minimum Gasteiger partial charge on any atom is -0.398 e. The summed E-state index contributed by atoms with van der Waals surface area (Å²) >= 11 is 5.95. The number of halogens is 1. The summed E-state index contributed by atoms with van der Waals surface area (Å²) in [7, 11) is 1.66. The van der Waals surface area contributed by atoms with Crippen LogP contribution >= 0.6 is 11.6 Å². The monoisotopic (exact) mass is 279 g/mol. The van der Waals surface area contributed by atoms with E-state index in [0.29, 0.717) is 33.9 Å². The Kier molecular flexibility index (Phi) is 3.16. The van der Waals surface area contributed by atoms with E-state index < -0.39 is 0 Å². The standard InChI is InChI=1S/C13H14ClN3O2/c1-18-11(7-2-3-7)12-16-13(19-17-12)9-6-8(14)4-5-10(9)15/h4-7,11H,2-3,15H2,1H3. The van der Waals surface area contributed by atoms with Gasteiger partial charge in [0.25, 0.3) is 5.89 Å². The molecule has 2 N–H and O–H groups in total. The number of methoxy groups -OCH3 is 1. The number of benzene rings is 1. The molecule has 6 heteroatoms. The van der Waals surface area contributed by atoms with Crippen LogP contribution in [0.4, 0.5) is 5.69 Å². The Morgan fingerprint density at radius 3 is 2.95 bits per heavy atom. The van der Waals surface area contributed by atoms with E-state index in [1.807, 2.05) is 0 Å². The molecule has 5 nitrogen and oxygen atoms in total. The quantitative estimate of drug-likeness (QED) is 0.871. The molecule has 0 saturated heterocycles. The number of nitrogens with two attached hydrogens (primary N) is 1. The van der Waals surface area contributed by atoms with E-state index in [2.05, 4.69) is 10.1 Å². The summed E-state index contributed by atoms with van der Waals surface area (Å²) in [5, 5.41) is 4.56. The normalized spacial score (nSPS) is 16.5. The fourth-order valence-corrected chi connectivity index (χ4v) is 2.25. The van der Waals surface area contributed by atoms with Gasteiger partial charge < -0.3 is 15.0 Å². The van der Waals surface area contributed by atoms with Gasteiger partial charge in [-0.2, -0.15) is 4.98 Å². The van der Waals surface area contributed by atoms with Crippen LogP contribution in [-0.2, 0) is 4.74 Å². The number of ether oxygens (including phenoxy) is 1. The maximum absolute atomic E-state index is 5.95. The third-order valence-electron chi connectivity index (χ3n) is 3.25. The molecule has 0 aliphatic heterocycles. The summed E-state index contributed by atoms with van der Waals surface area (Å²) in [6, 6.07) is 5.16. The molecule has 1 atom stereocenters. The van der Waals surface area contributed by atoms with Crippen LogP contribution in [0.1, 0.15) is 24.8 Å². The second-order valence-corrected chi connectivity index (χ2v) is 5.12. The molecule has 1 aliphatic carbocycles. The third-order valence-corrected chi connectivity index (χ3v) is 3.48. The highest BCUT2D eigenvalue weighted by molar-refractivity contribution is 6.31. The van der Waals surface area contributed by atoms with Crippen LogP contribution in [0.3, 0.4) is 0 Å². The fourth-order valence-electron chi connectivity index (χ4n) is 2.08. The highest BCUT2D eigenvalue weighted by Crippen LogP contribution is 2.42. The molecule has 1 heterocycles. The Morgan fingerprint density at radius 2 is 2.26 bits per heavy atom. The second-order valence-electron chi connectivity index (χ2n) is 4.68. The van der Waals surface area contributed by atoms with Crippen LogP contribution in [0.2, 0.25) is 5.02 Å². The molecule has 1 aliphatic rings. The van der Waals surface area contributed by atoms with Gasteiger partial charge in [0.15, 0.2) is 0 Å². The van der Waals surface area contributed by atoms with E-state index >= 15 is 0 Å². The number of hydrogen-bond donors (Lipinski definition) is 1. The van der Waals surface area contributed by atoms with Crippen molar-refractivity contribution in [2.75, 3.05) is 12.8 Å². The van der Waals surface area contributed by atoms with Crippen LogP contribution in [0.25, 0.3) is 11.5 Å². The van der Waals surface area contributed by atoms with Gasteiger partial charge in [0.05, 0.1) is 5.56 Å². The molecule has 1 aromatic heterocycles. The predicted molar refractivity (Wildman–Crippen MR) is 71.6 cm³/mol. The number of rotatable bonds is 4. The van der Waals surface area contributed by atoms with Gasteiger partial charge in [-0.25, -0.2) is 0 Å². The van der Waals surface area contributed by atoms with Gasteiger partial charge in [-0.15, -0.1) is 0 Å². The average molecular weight is 280 g/mol. The van der Waals surface area contributed by atoms with Crippen molar-refractivity contribution in [2.45, 2.75) is 18.9 Å². The molecule has 1 unspecified atom stereocenters. The molecule has 0 amide bonds. The van der Waals surface area contributed by atoms with Crippen LogP contribution in [0.15, 0.2) is 22.7 Å². The minimum absolute atomic E-state index is 0.0992. The van der Waals surface area contributed by atoms with Crippen LogP contribution in [-0.4, -0.2) is 17.3 Å². The lowest BCUT2D eigenvalue weighted by molar-refractivity contribution is 0.0751. The number of nitrogens with zero attached hydrogens (tertiary/aromatic N) is 2. The highest BCUT2D eigenvalue weighted by Gasteiger charge is 2.35. The Morgan fingerprint density at radius 1 is 1.47 bits per heavy atom. The zero-order valence-corrected chi connectivity index (χ0v) is 11.2. The number of nitrogen functional groups attached to an aromatic ring is 1. The lowest BCUT2D eigenvalue weighted by Gasteiger charge is -2.08. The minimum atomic E-state index is -0.0992. The Bertz CT molecular complexity index is 595. The number of aromatic nitrogens is 2. The van der Waals surface area contributed by atoms with Gasteiger partial charge in [0.2, 0.25) is 5.82 Å².